The molecule has 21 heavy (non-hydrogen) atoms. The van der Waals surface area contributed by atoms with Crippen LogP contribution in [0.2, 0.25) is 0 Å². The first-order valence-electron chi connectivity index (χ1n) is 6.07. The van der Waals surface area contributed by atoms with Crippen molar-refractivity contribution >= 4 is 5.57 Å². The summed E-state index contributed by atoms with van der Waals surface area (Å²) in [6.45, 7) is 0.00362. The van der Waals surface area contributed by atoms with E-state index in [1.807, 2.05) is 0 Å². The van der Waals surface area contributed by atoms with Gasteiger partial charge in [-0.3, -0.25) is 0 Å². The first-order valence-corrected chi connectivity index (χ1v) is 6.07. The molecular weight excluding hydrogens is 292 g/mol. The first-order chi connectivity index (χ1) is 9.68. The van der Waals surface area contributed by atoms with Crippen molar-refractivity contribution in [3.8, 4) is 5.75 Å². The summed E-state index contributed by atoms with van der Waals surface area (Å²) in [6, 6.07) is 3.37. The van der Waals surface area contributed by atoms with Gasteiger partial charge in [-0.2, -0.15) is 13.2 Å². The van der Waals surface area contributed by atoms with Crippen LogP contribution in [0.4, 0.5) is 17.6 Å². The van der Waals surface area contributed by atoms with Crippen LogP contribution in [0.1, 0.15) is 18.9 Å². The van der Waals surface area contributed by atoms with Crippen molar-refractivity contribution in [2.75, 3.05) is 13.7 Å². The first kappa shape index (κ1) is 17.5. The van der Waals surface area contributed by atoms with Crippen LogP contribution in [0.15, 0.2) is 24.3 Å². The van der Waals surface area contributed by atoms with E-state index in [4.69, 9.17) is 9.84 Å². The number of hydrogen-bond acceptors (Lipinski definition) is 3. The number of ether oxygens (including phenoxy) is 1. The van der Waals surface area contributed by atoms with Crippen LogP contribution in [0.5, 0.6) is 5.75 Å². The van der Waals surface area contributed by atoms with Gasteiger partial charge in [0, 0.05) is 18.1 Å². The molecule has 0 aliphatic heterocycles. The van der Waals surface area contributed by atoms with Gasteiger partial charge >= 0.3 is 6.18 Å². The number of aliphatic hydroxyl groups excluding tert-OH is 1. The fraction of sp³-hybridized carbons (Fsp3) is 0.429. The molecule has 2 N–H and O–H groups in total. The van der Waals surface area contributed by atoms with Crippen molar-refractivity contribution in [1.29, 1.82) is 0 Å². The van der Waals surface area contributed by atoms with Crippen LogP contribution < -0.4 is 4.74 Å². The Morgan fingerprint density at radius 3 is 2.38 bits per heavy atom. The number of benzene rings is 1. The van der Waals surface area contributed by atoms with Gasteiger partial charge in [-0.1, -0.05) is 6.08 Å². The molecular formula is C14H16F4O3. The highest BCUT2D eigenvalue weighted by Crippen LogP contribution is 2.39. The second-order valence-electron chi connectivity index (χ2n) is 4.52. The van der Waals surface area contributed by atoms with Crippen LogP contribution in [-0.2, 0) is 0 Å². The highest BCUT2D eigenvalue weighted by Gasteiger charge is 2.53. The molecule has 0 aliphatic carbocycles. The van der Waals surface area contributed by atoms with Gasteiger partial charge in [0.1, 0.15) is 11.6 Å². The fourth-order valence-electron chi connectivity index (χ4n) is 1.84. The normalized spacial score (nSPS) is 15.7. The maximum atomic E-state index is 13.1. The van der Waals surface area contributed by atoms with Crippen LogP contribution >= 0.6 is 0 Å². The molecule has 0 saturated carbocycles. The van der Waals surface area contributed by atoms with E-state index in [1.165, 1.54) is 26.2 Å². The van der Waals surface area contributed by atoms with Crippen molar-refractivity contribution in [1.82, 2.24) is 0 Å². The van der Waals surface area contributed by atoms with Crippen molar-refractivity contribution in [3.05, 3.63) is 35.7 Å². The van der Waals surface area contributed by atoms with Gasteiger partial charge in [0.15, 0.2) is 5.60 Å². The lowest BCUT2D eigenvalue weighted by molar-refractivity contribution is -0.268. The molecule has 1 unspecified atom stereocenters. The molecule has 0 bridgehead atoms. The Balaban J connectivity index is 3.22. The molecule has 0 aliphatic rings. The van der Waals surface area contributed by atoms with Crippen molar-refractivity contribution < 1.29 is 32.5 Å². The molecule has 0 heterocycles. The maximum absolute atomic E-state index is 13.1. The number of allylic oxidation sites excluding steroid dienone is 1. The zero-order chi connectivity index (χ0) is 16.3. The van der Waals surface area contributed by atoms with Gasteiger partial charge in [0.05, 0.1) is 13.7 Å². The second-order valence-corrected chi connectivity index (χ2v) is 4.52. The smallest absolute Gasteiger partial charge is 0.419 e. The highest BCUT2D eigenvalue weighted by molar-refractivity contribution is 5.71. The molecule has 0 aromatic heterocycles. The van der Waals surface area contributed by atoms with Gasteiger partial charge < -0.3 is 14.9 Å². The molecule has 0 spiro atoms. The highest BCUT2D eigenvalue weighted by atomic mass is 19.4. The molecule has 1 atom stereocenters. The number of methoxy groups -OCH3 is 1. The Kier molecular flexibility index (Phi) is 5.36. The summed E-state index contributed by atoms with van der Waals surface area (Å²) in [5.74, 6) is -0.551. The summed E-state index contributed by atoms with van der Waals surface area (Å²) >= 11 is 0. The predicted molar refractivity (Wildman–Crippen MR) is 69.3 cm³/mol. The topological polar surface area (TPSA) is 49.7 Å². The predicted octanol–water partition coefficient (Wildman–Crippen LogP) is 2.91. The average Bonchev–Trinajstić information content (AvgIpc) is 2.43. The van der Waals surface area contributed by atoms with Crippen LogP contribution in [0.3, 0.4) is 0 Å². The standard InChI is InChI=1S/C14H16F4O3/c1-3-9(7-13(20,8-19)14(16,17)18)11-5-4-10(15)6-12(11)21-2/h3-6,19-20H,7-8H2,1-2H3. The van der Waals surface area contributed by atoms with Crippen molar-refractivity contribution in [2.45, 2.75) is 25.1 Å². The van der Waals surface area contributed by atoms with E-state index in [-0.39, 0.29) is 16.9 Å². The minimum atomic E-state index is -5.00. The Hall–Kier alpha value is -1.60. The summed E-state index contributed by atoms with van der Waals surface area (Å²) in [4.78, 5) is 0. The number of hydrogen-bond donors (Lipinski definition) is 2. The summed E-state index contributed by atoms with van der Waals surface area (Å²) in [5.41, 5.74) is -2.97. The molecule has 1 rings (SSSR count). The molecule has 0 fully saturated rings. The van der Waals surface area contributed by atoms with Gasteiger partial charge in [0.25, 0.3) is 0 Å². The van der Waals surface area contributed by atoms with Gasteiger partial charge in [-0.15, -0.1) is 0 Å². The van der Waals surface area contributed by atoms with Crippen LogP contribution in [0, 0.1) is 5.82 Å². The summed E-state index contributed by atoms with van der Waals surface area (Å²) in [5, 5.41) is 18.5. The monoisotopic (exact) mass is 308 g/mol. The number of alkyl halides is 3. The lowest BCUT2D eigenvalue weighted by Gasteiger charge is -2.29. The van der Waals surface area contributed by atoms with Gasteiger partial charge in [0.2, 0.25) is 0 Å². The zero-order valence-electron chi connectivity index (χ0n) is 11.5. The third kappa shape index (κ3) is 3.74. The number of aliphatic hydroxyl groups is 2. The van der Waals surface area contributed by atoms with Gasteiger partial charge in [-0.25, -0.2) is 4.39 Å². The van der Waals surface area contributed by atoms with Crippen LogP contribution in [-0.4, -0.2) is 35.7 Å². The summed E-state index contributed by atoms with van der Waals surface area (Å²) in [6.07, 6.45) is -4.52. The van der Waals surface area contributed by atoms with E-state index in [1.54, 1.807) is 0 Å². The quantitative estimate of drug-likeness (QED) is 0.822. The molecule has 1 aromatic rings. The molecule has 0 radical (unpaired) electrons. The molecule has 3 nitrogen and oxygen atoms in total. The van der Waals surface area contributed by atoms with Crippen molar-refractivity contribution in [2.24, 2.45) is 0 Å². The molecule has 1 aromatic carbocycles. The molecule has 0 saturated heterocycles. The Morgan fingerprint density at radius 2 is 1.95 bits per heavy atom. The number of rotatable bonds is 5. The fourth-order valence-corrected chi connectivity index (χ4v) is 1.84. The van der Waals surface area contributed by atoms with E-state index in [2.05, 4.69) is 0 Å². The second kappa shape index (κ2) is 6.44. The molecule has 7 heteroatoms. The summed E-state index contributed by atoms with van der Waals surface area (Å²) in [7, 11) is 1.26. The van der Waals surface area contributed by atoms with Crippen LogP contribution in [0.25, 0.3) is 5.57 Å². The van der Waals surface area contributed by atoms with Gasteiger partial charge in [-0.05, 0) is 24.6 Å². The third-order valence-corrected chi connectivity index (χ3v) is 3.13. The lowest BCUT2D eigenvalue weighted by atomic mass is 9.90. The van der Waals surface area contributed by atoms with Crippen molar-refractivity contribution in [3.63, 3.8) is 0 Å². The Labute approximate surface area is 119 Å². The largest absolute Gasteiger partial charge is 0.496 e. The maximum Gasteiger partial charge on any atom is 0.419 e. The zero-order valence-corrected chi connectivity index (χ0v) is 11.5. The van der Waals surface area contributed by atoms with E-state index < -0.39 is 30.6 Å². The lowest BCUT2D eigenvalue weighted by Crippen LogP contribution is -2.48. The third-order valence-electron chi connectivity index (χ3n) is 3.13. The average molecular weight is 308 g/mol. The molecule has 118 valence electrons. The minimum absolute atomic E-state index is 0.0468. The van der Waals surface area contributed by atoms with E-state index in [0.717, 1.165) is 12.1 Å². The Morgan fingerprint density at radius 1 is 1.33 bits per heavy atom. The minimum Gasteiger partial charge on any atom is -0.496 e. The van der Waals surface area contributed by atoms with E-state index in [0.29, 0.717) is 0 Å². The molecule has 0 amide bonds. The van der Waals surface area contributed by atoms with E-state index in [9.17, 15) is 22.7 Å². The number of halogens is 4. The SMILES string of the molecule is CC=C(CC(O)(CO)C(F)(F)F)c1ccc(F)cc1OC. The Bertz CT molecular complexity index is 525. The van der Waals surface area contributed by atoms with E-state index >= 15 is 0 Å². The summed E-state index contributed by atoms with van der Waals surface area (Å²) < 4.78 is 56.6.